The van der Waals surface area contributed by atoms with Crippen LogP contribution < -0.4 is 4.90 Å². The lowest BCUT2D eigenvalue weighted by Gasteiger charge is -2.32. The third kappa shape index (κ3) is 4.26. The molecule has 0 spiro atoms. The van der Waals surface area contributed by atoms with E-state index in [1.54, 1.807) is 0 Å². The Labute approximate surface area is 275 Å². The first kappa shape index (κ1) is 27.5. The van der Waals surface area contributed by atoms with Gasteiger partial charge in [-0.05, 0) is 75.3 Å². The van der Waals surface area contributed by atoms with Crippen molar-refractivity contribution in [2.45, 2.75) is 19.3 Å². The number of benzene rings is 7. The molecule has 0 fully saturated rings. The van der Waals surface area contributed by atoms with Crippen LogP contribution in [0, 0.1) is 0 Å². The lowest BCUT2D eigenvalue weighted by Crippen LogP contribution is -2.20. The minimum Gasteiger partial charge on any atom is -0.455 e. The number of nitrogens with zero attached hydrogens (tertiary/aromatic N) is 1. The Morgan fingerprint density at radius 3 is 1.89 bits per heavy atom. The van der Waals surface area contributed by atoms with Gasteiger partial charge in [0.2, 0.25) is 0 Å². The van der Waals surface area contributed by atoms with Gasteiger partial charge in [0.05, 0.1) is 16.8 Å². The quantitative estimate of drug-likeness (QED) is 0.195. The lowest BCUT2D eigenvalue weighted by molar-refractivity contribution is 0.661. The van der Waals surface area contributed by atoms with Gasteiger partial charge in [-0.1, -0.05) is 141 Å². The van der Waals surface area contributed by atoms with Crippen molar-refractivity contribution in [1.29, 1.82) is 0 Å². The van der Waals surface area contributed by atoms with Crippen LogP contribution in [0.1, 0.15) is 25.0 Å². The van der Waals surface area contributed by atoms with Crippen molar-refractivity contribution < 1.29 is 4.42 Å². The summed E-state index contributed by atoms with van der Waals surface area (Å²) in [5, 5.41) is 2.22. The van der Waals surface area contributed by atoms with E-state index < -0.39 is 0 Å². The molecule has 0 atom stereocenters. The molecule has 1 aromatic heterocycles. The molecule has 47 heavy (non-hydrogen) atoms. The highest BCUT2D eigenvalue weighted by atomic mass is 16.3. The number of anilines is 3. The fourth-order valence-corrected chi connectivity index (χ4v) is 7.69. The summed E-state index contributed by atoms with van der Waals surface area (Å²) in [5.74, 6) is 0. The molecular weight excluding hydrogens is 571 g/mol. The van der Waals surface area contributed by atoms with Crippen LogP contribution in [0.3, 0.4) is 0 Å². The third-order valence-electron chi connectivity index (χ3n) is 9.86. The number of para-hydroxylation sites is 1. The molecule has 0 unspecified atom stereocenters. The number of hydrogen-bond acceptors (Lipinski definition) is 2. The molecule has 1 heterocycles. The fourth-order valence-electron chi connectivity index (χ4n) is 7.69. The summed E-state index contributed by atoms with van der Waals surface area (Å²) in [7, 11) is 0. The van der Waals surface area contributed by atoms with Gasteiger partial charge in [-0.25, -0.2) is 0 Å². The zero-order chi connectivity index (χ0) is 31.5. The highest BCUT2D eigenvalue weighted by molar-refractivity contribution is 6.17. The highest BCUT2D eigenvalue weighted by Gasteiger charge is 2.39. The largest absolute Gasteiger partial charge is 0.455 e. The Morgan fingerprint density at radius 1 is 0.468 bits per heavy atom. The third-order valence-corrected chi connectivity index (χ3v) is 9.86. The van der Waals surface area contributed by atoms with Crippen LogP contribution in [-0.4, -0.2) is 0 Å². The topological polar surface area (TPSA) is 16.4 Å². The second-order valence-electron chi connectivity index (χ2n) is 12.9. The van der Waals surface area contributed by atoms with Crippen LogP contribution in [0.5, 0.6) is 0 Å². The minimum absolute atomic E-state index is 0.188. The maximum Gasteiger partial charge on any atom is 0.145 e. The smallest absolute Gasteiger partial charge is 0.145 e. The normalized spacial score (nSPS) is 13.1. The van der Waals surface area contributed by atoms with E-state index in [0.717, 1.165) is 44.4 Å². The van der Waals surface area contributed by atoms with Gasteiger partial charge in [0, 0.05) is 22.1 Å². The molecule has 7 aromatic carbocycles. The first-order valence-corrected chi connectivity index (χ1v) is 16.3. The van der Waals surface area contributed by atoms with Crippen molar-refractivity contribution in [3.8, 4) is 33.4 Å². The number of furan rings is 1. The van der Waals surface area contributed by atoms with Crippen LogP contribution in [0.25, 0.3) is 55.3 Å². The zero-order valence-corrected chi connectivity index (χ0v) is 26.4. The minimum atomic E-state index is -0.188. The Kier molecular flexibility index (Phi) is 6.20. The molecule has 224 valence electrons. The van der Waals surface area contributed by atoms with E-state index in [2.05, 4.69) is 183 Å². The molecule has 9 rings (SSSR count). The molecule has 0 N–H and O–H groups in total. The van der Waals surface area contributed by atoms with Gasteiger partial charge in [0.25, 0.3) is 0 Å². The SMILES string of the molecule is CC1(C)c2ccccc2-c2cccc(N(c3ccc(-c4ccccc4)cc3)c3ccc(-c4ccccc4)c4oc5ccccc5c34)c21. The fraction of sp³-hybridized carbons (Fsp3) is 0.0667. The molecule has 0 bridgehead atoms. The average molecular weight is 604 g/mol. The number of fused-ring (bicyclic) bond motifs is 6. The maximum absolute atomic E-state index is 6.74. The van der Waals surface area contributed by atoms with Gasteiger partial charge >= 0.3 is 0 Å². The number of rotatable bonds is 5. The first-order chi connectivity index (χ1) is 23.1. The second-order valence-corrected chi connectivity index (χ2v) is 12.9. The summed E-state index contributed by atoms with van der Waals surface area (Å²) in [6, 6.07) is 58.7. The molecule has 8 aromatic rings. The van der Waals surface area contributed by atoms with Crippen molar-refractivity contribution in [3.63, 3.8) is 0 Å². The van der Waals surface area contributed by atoms with E-state index in [1.165, 1.54) is 39.1 Å². The van der Waals surface area contributed by atoms with Crippen LogP contribution in [0.15, 0.2) is 168 Å². The van der Waals surface area contributed by atoms with Gasteiger partial charge in [0.15, 0.2) is 0 Å². The molecule has 2 nitrogen and oxygen atoms in total. The van der Waals surface area contributed by atoms with Gasteiger partial charge in [-0.3, -0.25) is 0 Å². The predicted octanol–water partition coefficient (Wildman–Crippen LogP) is 12.7. The molecule has 0 saturated carbocycles. The molecule has 2 heteroatoms. The second kappa shape index (κ2) is 10.6. The van der Waals surface area contributed by atoms with E-state index >= 15 is 0 Å². The van der Waals surface area contributed by atoms with Crippen molar-refractivity contribution in [3.05, 3.63) is 175 Å². The number of hydrogen-bond donors (Lipinski definition) is 0. The predicted molar refractivity (Wildman–Crippen MR) is 197 cm³/mol. The molecule has 0 saturated heterocycles. The van der Waals surface area contributed by atoms with Crippen molar-refractivity contribution in [2.75, 3.05) is 4.90 Å². The van der Waals surface area contributed by atoms with Gasteiger partial charge in [0.1, 0.15) is 11.2 Å². The van der Waals surface area contributed by atoms with Crippen LogP contribution in [0.4, 0.5) is 17.1 Å². The molecule has 0 radical (unpaired) electrons. The summed E-state index contributed by atoms with van der Waals surface area (Å²) >= 11 is 0. The summed E-state index contributed by atoms with van der Waals surface area (Å²) in [6.07, 6.45) is 0. The van der Waals surface area contributed by atoms with Gasteiger partial charge in [-0.2, -0.15) is 0 Å². The Bertz CT molecular complexity index is 2420. The Balaban J connectivity index is 1.35. The highest BCUT2D eigenvalue weighted by Crippen LogP contribution is 2.55. The van der Waals surface area contributed by atoms with Crippen LogP contribution in [-0.2, 0) is 5.41 Å². The zero-order valence-electron chi connectivity index (χ0n) is 26.4. The maximum atomic E-state index is 6.74. The van der Waals surface area contributed by atoms with E-state index in [0.29, 0.717) is 0 Å². The van der Waals surface area contributed by atoms with E-state index in [4.69, 9.17) is 4.42 Å². The Hall–Kier alpha value is -5.86. The summed E-state index contributed by atoms with van der Waals surface area (Å²) in [4.78, 5) is 2.46. The lowest BCUT2D eigenvalue weighted by atomic mass is 9.81. The first-order valence-electron chi connectivity index (χ1n) is 16.3. The molecular formula is C45H33NO. The summed E-state index contributed by atoms with van der Waals surface area (Å²) in [6.45, 7) is 4.72. The van der Waals surface area contributed by atoms with E-state index in [9.17, 15) is 0 Å². The standard InChI is InChI=1S/C45H33NO/c1-45(2)38-21-11-9-18-35(38)36-20-13-22-40(43(36)45)46(33-26-24-31(25-27-33)30-14-5-3-6-15-30)39-29-28-34(32-16-7-4-8-17-32)44-42(39)37-19-10-12-23-41(37)47-44/h3-29H,1-2H3. The van der Waals surface area contributed by atoms with Crippen molar-refractivity contribution >= 4 is 39.0 Å². The summed E-state index contributed by atoms with van der Waals surface area (Å²) < 4.78 is 6.74. The Morgan fingerprint density at radius 2 is 1.11 bits per heavy atom. The molecule has 1 aliphatic carbocycles. The summed E-state index contributed by atoms with van der Waals surface area (Å²) in [5.41, 5.74) is 14.9. The van der Waals surface area contributed by atoms with E-state index in [-0.39, 0.29) is 5.41 Å². The van der Waals surface area contributed by atoms with Gasteiger partial charge < -0.3 is 9.32 Å². The molecule has 0 amide bonds. The average Bonchev–Trinajstić information content (AvgIpc) is 3.63. The molecule has 0 aliphatic heterocycles. The monoisotopic (exact) mass is 603 g/mol. The van der Waals surface area contributed by atoms with Crippen LogP contribution >= 0.6 is 0 Å². The van der Waals surface area contributed by atoms with Gasteiger partial charge in [-0.15, -0.1) is 0 Å². The van der Waals surface area contributed by atoms with E-state index in [1.807, 2.05) is 0 Å². The van der Waals surface area contributed by atoms with Crippen molar-refractivity contribution in [2.24, 2.45) is 0 Å². The van der Waals surface area contributed by atoms with Crippen molar-refractivity contribution in [1.82, 2.24) is 0 Å². The molecule has 1 aliphatic rings. The van der Waals surface area contributed by atoms with Crippen LogP contribution in [0.2, 0.25) is 0 Å².